The first kappa shape index (κ1) is 23.8. The lowest BCUT2D eigenvalue weighted by molar-refractivity contribution is 1.07. The maximum Gasteiger partial charge on any atom is -0.0346 e. The minimum absolute atomic E-state index is 1.16. The highest BCUT2D eigenvalue weighted by Crippen LogP contribution is 2.07. The fraction of sp³-hybridized carbons (Fsp3) is 0.600. The summed E-state index contributed by atoms with van der Waals surface area (Å²) < 4.78 is 0. The molecule has 0 heterocycles. The molecule has 0 atom stereocenters. The third-order valence-electron chi connectivity index (χ3n) is 1.62. The van der Waals surface area contributed by atoms with E-state index in [9.17, 15) is 0 Å². The molecule has 0 radical (unpaired) electrons. The van der Waals surface area contributed by atoms with E-state index in [1.54, 1.807) is 0 Å². The van der Waals surface area contributed by atoms with Crippen LogP contribution in [0.5, 0.6) is 0 Å². The van der Waals surface area contributed by atoms with Crippen LogP contribution in [0.15, 0.2) is 36.5 Å². The van der Waals surface area contributed by atoms with Crippen molar-refractivity contribution in [1.82, 2.24) is 0 Å². The number of rotatable bonds is 2. The van der Waals surface area contributed by atoms with Crippen molar-refractivity contribution in [2.24, 2.45) is 0 Å². The Morgan fingerprint density at radius 2 is 1.33 bits per heavy atom. The van der Waals surface area contributed by atoms with Crippen LogP contribution < -0.4 is 0 Å². The predicted molar refractivity (Wildman–Crippen MR) is 77.4 cm³/mol. The maximum absolute atomic E-state index is 3.00. The fourth-order valence-electron chi connectivity index (χ4n) is 0.671. The van der Waals surface area contributed by atoms with Gasteiger partial charge in [-0.25, -0.2) is 0 Å². The van der Waals surface area contributed by atoms with Gasteiger partial charge in [0.2, 0.25) is 0 Å². The minimum atomic E-state index is 1.16. The van der Waals surface area contributed by atoms with Crippen LogP contribution in [0, 0.1) is 0 Å². The van der Waals surface area contributed by atoms with Gasteiger partial charge in [0.25, 0.3) is 0 Å². The van der Waals surface area contributed by atoms with E-state index in [1.165, 1.54) is 11.1 Å². The fourth-order valence-corrected chi connectivity index (χ4v) is 0.671. The van der Waals surface area contributed by atoms with Gasteiger partial charge in [-0.15, -0.1) is 13.2 Å². The molecule has 0 aliphatic heterocycles. The summed E-state index contributed by atoms with van der Waals surface area (Å²) in [6.45, 7) is 22.6. The summed E-state index contributed by atoms with van der Waals surface area (Å²) in [5, 5.41) is 0. The van der Waals surface area contributed by atoms with Gasteiger partial charge in [0, 0.05) is 0 Å². The van der Waals surface area contributed by atoms with Gasteiger partial charge in [-0.2, -0.15) is 0 Å². The SMILES string of the molecule is C/C=C\C(C)=C(\C)CC.C=C.CC.CC. The zero-order valence-electron chi connectivity index (χ0n) is 12.3. The van der Waals surface area contributed by atoms with Gasteiger partial charge >= 0.3 is 0 Å². The van der Waals surface area contributed by atoms with E-state index in [0.29, 0.717) is 0 Å². The van der Waals surface area contributed by atoms with Gasteiger partial charge in [-0.3, -0.25) is 0 Å². The molecule has 0 aromatic carbocycles. The van der Waals surface area contributed by atoms with Crippen LogP contribution in [-0.2, 0) is 0 Å². The van der Waals surface area contributed by atoms with E-state index in [0.717, 1.165) is 6.42 Å². The second-order valence-corrected chi connectivity index (χ2v) is 2.32. The molecule has 0 saturated carbocycles. The van der Waals surface area contributed by atoms with Crippen molar-refractivity contribution in [3.63, 3.8) is 0 Å². The minimum Gasteiger partial charge on any atom is -0.106 e. The predicted octanol–water partition coefficient (Wildman–Crippen LogP) is 6.16. The van der Waals surface area contributed by atoms with Crippen molar-refractivity contribution in [2.45, 2.75) is 61.8 Å². The number of hydrogen-bond donors (Lipinski definition) is 0. The average Bonchev–Trinajstić information content (AvgIpc) is 2.36. The van der Waals surface area contributed by atoms with Gasteiger partial charge in [-0.05, 0) is 27.2 Å². The van der Waals surface area contributed by atoms with Crippen molar-refractivity contribution in [3.05, 3.63) is 36.5 Å². The highest BCUT2D eigenvalue weighted by atomic mass is 13.9. The molecule has 0 unspecified atom stereocenters. The molecule has 0 rings (SSSR count). The molecule has 0 amide bonds. The maximum atomic E-state index is 3.00. The van der Waals surface area contributed by atoms with Crippen molar-refractivity contribution in [1.29, 1.82) is 0 Å². The van der Waals surface area contributed by atoms with E-state index in [2.05, 4.69) is 46.1 Å². The van der Waals surface area contributed by atoms with E-state index >= 15 is 0 Å². The monoisotopic (exact) mass is 212 g/mol. The standard InChI is InChI=1S/C9H16.2C2H6.C2H4/c1-5-7-9(4)8(3)6-2;3*1-2/h5,7H,6H2,1-4H3;2*1-2H3;1-2H2/b7-5-,9-8-;;;. The van der Waals surface area contributed by atoms with Crippen molar-refractivity contribution in [2.75, 3.05) is 0 Å². The van der Waals surface area contributed by atoms with Gasteiger partial charge in [0.05, 0.1) is 0 Å². The van der Waals surface area contributed by atoms with Crippen LogP contribution >= 0.6 is 0 Å². The van der Waals surface area contributed by atoms with Gasteiger partial charge in [0.15, 0.2) is 0 Å². The summed E-state index contributed by atoms with van der Waals surface area (Å²) in [4.78, 5) is 0. The second-order valence-electron chi connectivity index (χ2n) is 2.32. The molecular weight excluding hydrogens is 180 g/mol. The zero-order valence-corrected chi connectivity index (χ0v) is 12.3. The molecule has 0 nitrogen and oxygen atoms in total. The Balaban J connectivity index is -0.0000000860. The van der Waals surface area contributed by atoms with Gasteiger partial charge in [-0.1, -0.05) is 57.9 Å². The third-order valence-corrected chi connectivity index (χ3v) is 1.62. The summed E-state index contributed by atoms with van der Waals surface area (Å²) in [5.41, 5.74) is 2.88. The highest BCUT2D eigenvalue weighted by Gasteiger charge is 1.86. The van der Waals surface area contributed by atoms with E-state index in [4.69, 9.17) is 0 Å². The quantitative estimate of drug-likeness (QED) is 0.379. The number of hydrogen-bond acceptors (Lipinski definition) is 0. The van der Waals surface area contributed by atoms with Gasteiger partial charge < -0.3 is 0 Å². The Morgan fingerprint density at radius 3 is 1.53 bits per heavy atom. The highest BCUT2D eigenvalue weighted by molar-refractivity contribution is 5.21. The Bertz CT molecular complexity index is 138. The molecule has 0 aromatic heterocycles. The lowest BCUT2D eigenvalue weighted by Gasteiger charge is -1.97. The molecule has 0 aliphatic rings. The summed E-state index contributed by atoms with van der Waals surface area (Å²) >= 11 is 0. The van der Waals surface area contributed by atoms with Crippen molar-refractivity contribution in [3.8, 4) is 0 Å². The molecule has 0 heteroatoms. The van der Waals surface area contributed by atoms with Crippen LogP contribution in [0.25, 0.3) is 0 Å². The Morgan fingerprint density at radius 1 is 1.00 bits per heavy atom. The summed E-state index contributed by atoms with van der Waals surface area (Å²) in [6.07, 6.45) is 5.39. The molecule has 15 heavy (non-hydrogen) atoms. The molecule has 0 saturated heterocycles. The van der Waals surface area contributed by atoms with Crippen LogP contribution in [0.4, 0.5) is 0 Å². The van der Waals surface area contributed by atoms with Crippen LogP contribution in [0.3, 0.4) is 0 Å². The first-order chi connectivity index (χ1) is 7.22. The Kier molecular flexibility index (Phi) is 46.3. The van der Waals surface area contributed by atoms with Crippen LogP contribution in [-0.4, -0.2) is 0 Å². The lowest BCUT2D eigenvalue weighted by Crippen LogP contribution is -1.76. The van der Waals surface area contributed by atoms with E-state index in [-0.39, 0.29) is 0 Å². The third kappa shape index (κ3) is 24.6. The first-order valence-corrected chi connectivity index (χ1v) is 6.01. The van der Waals surface area contributed by atoms with Crippen molar-refractivity contribution < 1.29 is 0 Å². The average molecular weight is 212 g/mol. The molecule has 0 fully saturated rings. The molecule has 92 valence electrons. The molecule has 0 aromatic rings. The molecule has 0 bridgehead atoms. The zero-order chi connectivity index (χ0) is 13.3. The molecule has 0 N–H and O–H groups in total. The molecule has 0 spiro atoms. The first-order valence-electron chi connectivity index (χ1n) is 6.01. The summed E-state index contributed by atoms with van der Waals surface area (Å²) in [5.74, 6) is 0. The number of allylic oxidation sites excluding steroid dienone is 4. The largest absolute Gasteiger partial charge is 0.106 e. The Labute approximate surface area is 98.8 Å². The summed E-state index contributed by atoms with van der Waals surface area (Å²) in [7, 11) is 0. The van der Waals surface area contributed by atoms with Crippen LogP contribution in [0.1, 0.15) is 61.8 Å². The normalized spacial score (nSPS) is 9.60. The smallest absolute Gasteiger partial charge is 0.0346 e. The van der Waals surface area contributed by atoms with E-state index in [1.807, 2.05) is 34.6 Å². The summed E-state index contributed by atoms with van der Waals surface area (Å²) in [6, 6.07) is 0. The second kappa shape index (κ2) is 29.2. The van der Waals surface area contributed by atoms with Gasteiger partial charge in [0.1, 0.15) is 0 Å². The molecule has 0 aliphatic carbocycles. The topological polar surface area (TPSA) is 0 Å². The lowest BCUT2D eigenvalue weighted by atomic mass is 10.1. The Hall–Kier alpha value is -0.780. The van der Waals surface area contributed by atoms with Crippen molar-refractivity contribution >= 4 is 0 Å². The molecular formula is C15H32. The van der Waals surface area contributed by atoms with Crippen LogP contribution in [0.2, 0.25) is 0 Å². The van der Waals surface area contributed by atoms with E-state index < -0.39 is 0 Å².